The van der Waals surface area contributed by atoms with Gasteiger partial charge in [0.05, 0.1) is 0 Å². The minimum atomic E-state index is 0. The summed E-state index contributed by atoms with van der Waals surface area (Å²) in [5, 5.41) is 0. The molecule has 0 spiro atoms. The van der Waals surface area contributed by atoms with Gasteiger partial charge < -0.3 is 11.5 Å². The van der Waals surface area contributed by atoms with Gasteiger partial charge in [-0.05, 0) is 0 Å². The Hall–Kier alpha value is 0.124. The average molecular weight is 121 g/mol. The third-order valence-corrected chi connectivity index (χ3v) is 0.298. The molecular formula is C4H8NV-. The second-order valence-electron chi connectivity index (χ2n) is 1.11. The Balaban J connectivity index is 0. The van der Waals surface area contributed by atoms with Crippen molar-refractivity contribution in [2.45, 2.75) is 0 Å². The molecule has 0 N–H and O–H groups in total. The van der Waals surface area contributed by atoms with E-state index in [4.69, 9.17) is 6.58 Å². The summed E-state index contributed by atoms with van der Waals surface area (Å²) >= 11 is 0. The fourth-order valence-corrected chi connectivity index (χ4v) is 0. The van der Waals surface area contributed by atoms with Crippen LogP contribution >= 0.6 is 0 Å². The molecule has 0 aliphatic rings. The molecule has 1 radical (unpaired) electrons. The van der Waals surface area contributed by atoms with Crippen LogP contribution in [0.5, 0.6) is 0 Å². The van der Waals surface area contributed by atoms with Crippen LogP contribution in [0.2, 0.25) is 0 Å². The van der Waals surface area contributed by atoms with E-state index in [-0.39, 0.29) is 18.6 Å². The first-order chi connectivity index (χ1) is 2.27. The van der Waals surface area contributed by atoms with Gasteiger partial charge in [-0.2, -0.15) is 6.20 Å². The fraction of sp³-hybridized carbons (Fsp3) is 0.500. The summed E-state index contributed by atoms with van der Waals surface area (Å²) in [5.74, 6) is 0. The van der Waals surface area contributed by atoms with Gasteiger partial charge in [0.2, 0.25) is 0 Å². The molecule has 6 heavy (non-hydrogen) atoms. The summed E-state index contributed by atoms with van der Waals surface area (Å²) in [6.45, 7) is 4.97. The molecule has 0 amide bonds. The summed E-state index contributed by atoms with van der Waals surface area (Å²) in [6.07, 6.45) is 1.50. The molecule has 0 unspecified atom stereocenters. The van der Waals surface area contributed by atoms with E-state index in [9.17, 15) is 0 Å². The molecule has 0 rings (SSSR count). The fourth-order valence-electron chi connectivity index (χ4n) is 0. The van der Waals surface area contributed by atoms with Gasteiger partial charge in [-0.3, -0.25) is 0 Å². The first-order valence-corrected chi connectivity index (χ1v) is 1.49. The molecule has 0 saturated carbocycles. The van der Waals surface area contributed by atoms with Gasteiger partial charge in [-0.1, -0.05) is 0 Å². The van der Waals surface area contributed by atoms with Gasteiger partial charge in [0.1, 0.15) is 0 Å². The van der Waals surface area contributed by atoms with Crippen molar-refractivity contribution in [3.8, 4) is 0 Å². The van der Waals surface area contributed by atoms with Crippen LogP contribution in [0.25, 0.3) is 0 Å². The van der Waals surface area contributed by atoms with Gasteiger partial charge in [0.25, 0.3) is 0 Å². The molecule has 0 aliphatic heterocycles. The van der Waals surface area contributed by atoms with Crippen molar-refractivity contribution in [1.82, 2.24) is 4.90 Å². The topological polar surface area (TPSA) is 3.24 Å². The summed E-state index contributed by atoms with van der Waals surface area (Å²) < 4.78 is 0. The Morgan fingerprint density at radius 3 is 1.67 bits per heavy atom. The Morgan fingerprint density at radius 1 is 1.50 bits per heavy atom. The second kappa shape index (κ2) is 5.12. The number of hydrogen-bond acceptors (Lipinski definition) is 1. The summed E-state index contributed by atoms with van der Waals surface area (Å²) in [4.78, 5) is 1.78. The predicted molar refractivity (Wildman–Crippen MR) is 22.6 cm³/mol. The molecule has 0 bridgehead atoms. The average Bonchev–Trinajstić information content (AvgIpc) is 1.38. The van der Waals surface area contributed by atoms with E-state index in [0.29, 0.717) is 0 Å². The van der Waals surface area contributed by atoms with Gasteiger partial charge in [0, 0.05) is 32.7 Å². The summed E-state index contributed by atoms with van der Waals surface area (Å²) in [7, 11) is 3.75. The third kappa shape index (κ3) is 8.92. The molecule has 0 fully saturated rings. The maximum Gasteiger partial charge on any atom is 0.00241 e. The minimum Gasteiger partial charge on any atom is -0.497 e. The van der Waals surface area contributed by atoms with Crippen LogP contribution < -0.4 is 0 Å². The largest absolute Gasteiger partial charge is 0.497 e. The first-order valence-electron chi connectivity index (χ1n) is 1.49. The standard InChI is InChI=1S/C4H8N.V/c1-4-5(2)3;/h1,4H,2-3H3;/q-1;. The molecule has 0 atom stereocenters. The van der Waals surface area contributed by atoms with Crippen molar-refractivity contribution in [2.75, 3.05) is 14.1 Å². The van der Waals surface area contributed by atoms with Crippen LogP contribution in [0.3, 0.4) is 0 Å². The van der Waals surface area contributed by atoms with E-state index < -0.39 is 0 Å². The molecule has 35 valence electrons. The van der Waals surface area contributed by atoms with Crippen molar-refractivity contribution >= 4 is 0 Å². The van der Waals surface area contributed by atoms with Crippen LogP contribution in [0.1, 0.15) is 0 Å². The van der Waals surface area contributed by atoms with Crippen molar-refractivity contribution < 1.29 is 18.6 Å². The molecule has 1 nitrogen and oxygen atoms in total. The van der Waals surface area contributed by atoms with Crippen LogP contribution in [-0.4, -0.2) is 19.0 Å². The predicted octanol–water partition coefficient (Wildman–Crippen LogP) is 0.492. The van der Waals surface area contributed by atoms with E-state index in [0.717, 1.165) is 0 Å². The quantitative estimate of drug-likeness (QED) is 0.456. The van der Waals surface area contributed by atoms with Crippen molar-refractivity contribution in [3.63, 3.8) is 0 Å². The SMILES string of the molecule is [CH-]=CN(C)C.[V]. The monoisotopic (exact) mass is 121 g/mol. The van der Waals surface area contributed by atoms with E-state index >= 15 is 0 Å². The number of nitrogens with zero attached hydrogens (tertiary/aromatic N) is 1. The van der Waals surface area contributed by atoms with Crippen LogP contribution in [0.15, 0.2) is 6.20 Å². The van der Waals surface area contributed by atoms with E-state index in [1.54, 1.807) is 4.90 Å². The third-order valence-electron chi connectivity index (χ3n) is 0.298. The van der Waals surface area contributed by atoms with E-state index in [2.05, 4.69) is 0 Å². The maximum absolute atomic E-state index is 4.97. The summed E-state index contributed by atoms with van der Waals surface area (Å²) in [6, 6.07) is 0. The zero-order valence-electron chi connectivity index (χ0n) is 4.05. The van der Waals surface area contributed by atoms with Crippen molar-refractivity contribution in [3.05, 3.63) is 12.8 Å². The summed E-state index contributed by atoms with van der Waals surface area (Å²) in [5.41, 5.74) is 0. The van der Waals surface area contributed by atoms with E-state index in [1.165, 1.54) is 6.20 Å². The van der Waals surface area contributed by atoms with Gasteiger partial charge >= 0.3 is 0 Å². The Labute approximate surface area is 50.9 Å². The van der Waals surface area contributed by atoms with Gasteiger partial charge in [-0.15, -0.1) is 0 Å². The van der Waals surface area contributed by atoms with Gasteiger partial charge in [-0.25, -0.2) is 0 Å². The molecule has 0 aromatic heterocycles. The smallest absolute Gasteiger partial charge is 0.00241 e. The zero-order chi connectivity index (χ0) is 4.28. The number of rotatable bonds is 1. The Bertz CT molecular complexity index is 34.5. The van der Waals surface area contributed by atoms with Crippen molar-refractivity contribution in [2.24, 2.45) is 0 Å². The van der Waals surface area contributed by atoms with Crippen LogP contribution in [0, 0.1) is 6.58 Å². The van der Waals surface area contributed by atoms with Crippen LogP contribution in [0.4, 0.5) is 0 Å². The second-order valence-corrected chi connectivity index (χ2v) is 1.11. The Morgan fingerprint density at radius 2 is 1.67 bits per heavy atom. The minimum absolute atomic E-state index is 0. The van der Waals surface area contributed by atoms with E-state index in [1.807, 2.05) is 14.1 Å². The molecular weight excluding hydrogens is 113 g/mol. The van der Waals surface area contributed by atoms with Crippen LogP contribution in [-0.2, 0) is 18.6 Å². The maximum atomic E-state index is 4.97. The molecule has 0 aliphatic carbocycles. The zero-order valence-corrected chi connectivity index (χ0v) is 5.45. The molecule has 0 aromatic rings. The van der Waals surface area contributed by atoms with Gasteiger partial charge in [0.15, 0.2) is 0 Å². The molecule has 2 heteroatoms. The molecule has 0 heterocycles. The number of hydrogen-bond donors (Lipinski definition) is 0. The normalized spacial score (nSPS) is 5.67. The Kier molecular flexibility index (Phi) is 8.07. The first kappa shape index (κ1) is 9.45. The van der Waals surface area contributed by atoms with Crippen molar-refractivity contribution in [1.29, 1.82) is 0 Å². The molecule has 0 saturated heterocycles. The molecule has 0 aromatic carbocycles.